The van der Waals surface area contributed by atoms with Crippen LogP contribution in [0.4, 0.5) is 14.5 Å². The van der Waals surface area contributed by atoms with Crippen LogP contribution in [0.2, 0.25) is 5.02 Å². The molecule has 8 nitrogen and oxygen atoms in total. The van der Waals surface area contributed by atoms with Gasteiger partial charge in [-0.15, -0.1) is 0 Å². The highest BCUT2D eigenvalue weighted by Crippen LogP contribution is 2.22. The van der Waals surface area contributed by atoms with E-state index in [0.717, 1.165) is 6.07 Å². The van der Waals surface area contributed by atoms with E-state index in [2.05, 4.69) is 25.3 Å². The summed E-state index contributed by atoms with van der Waals surface area (Å²) in [5.74, 6) is -1.52. The summed E-state index contributed by atoms with van der Waals surface area (Å²) in [5.41, 5.74) is 6.52. The third kappa shape index (κ3) is 5.26. The topological polar surface area (TPSA) is 116 Å². The van der Waals surface area contributed by atoms with E-state index in [4.69, 9.17) is 22.1 Å². The van der Waals surface area contributed by atoms with Crippen molar-refractivity contribution in [3.8, 4) is 5.88 Å². The van der Waals surface area contributed by atoms with Crippen LogP contribution in [0.15, 0.2) is 52.1 Å². The molecule has 3 rings (SSSR count). The van der Waals surface area contributed by atoms with Crippen molar-refractivity contribution < 1.29 is 22.9 Å². The van der Waals surface area contributed by atoms with E-state index in [1.54, 1.807) is 0 Å². The van der Waals surface area contributed by atoms with Gasteiger partial charge in [-0.2, -0.15) is 0 Å². The molecule has 1 heterocycles. The Balaban J connectivity index is 1.57. The first kappa shape index (κ1) is 20.2. The molecule has 0 fully saturated rings. The number of benzene rings is 2. The van der Waals surface area contributed by atoms with Crippen LogP contribution < -0.4 is 15.8 Å². The number of carbonyl (C=O) groups excluding carboxylic acids is 1. The number of amides is 1. The van der Waals surface area contributed by atoms with Gasteiger partial charge in [-0.25, -0.2) is 18.4 Å². The summed E-state index contributed by atoms with van der Waals surface area (Å²) < 4.78 is 36.1. The molecule has 0 atom stereocenters. The third-order valence-corrected chi connectivity index (χ3v) is 3.88. The van der Waals surface area contributed by atoms with Gasteiger partial charge < -0.3 is 15.8 Å². The van der Waals surface area contributed by atoms with Gasteiger partial charge in [0.15, 0.2) is 5.84 Å². The van der Waals surface area contributed by atoms with Gasteiger partial charge in [0.2, 0.25) is 5.69 Å². The Kier molecular flexibility index (Phi) is 6.35. The molecule has 0 unspecified atom stereocenters. The smallest absolute Gasteiger partial charge is 0.287 e. The number of ether oxygens (including phenoxy) is 1. The Labute approximate surface area is 168 Å². The first-order valence-corrected chi connectivity index (χ1v) is 8.60. The zero-order valence-corrected chi connectivity index (χ0v) is 15.5. The lowest BCUT2D eigenvalue weighted by Crippen LogP contribution is -2.28. The zero-order chi connectivity index (χ0) is 20.8. The second-order valence-corrected chi connectivity index (χ2v) is 6.03. The summed E-state index contributed by atoms with van der Waals surface area (Å²) in [6.45, 7) is 0.164. The lowest BCUT2D eigenvalue weighted by Gasteiger charge is -2.06. The molecule has 2 aromatic carbocycles. The SMILES string of the molecule is NC(=Nc1ccc(F)c(Cl)c1)c1nonc1OCCNC(=O)c1ccc(F)cc1. The summed E-state index contributed by atoms with van der Waals surface area (Å²) in [6, 6.07) is 8.94. The van der Waals surface area contributed by atoms with Gasteiger partial charge in [0.1, 0.15) is 18.2 Å². The number of carbonyl (C=O) groups is 1. The van der Waals surface area contributed by atoms with Crippen molar-refractivity contribution >= 4 is 29.0 Å². The van der Waals surface area contributed by atoms with Crippen molar-refractivity contribution in [2.75, 3.05) is 13.2 Å². The van der Waals surface area contributed by atoms with Gasteiger partial charge >= 0.3 is 0 Å². The highest BCUT2D eigenvalue weighted by Gasteiger charge is 2.16. The van der Waals surface area contributed by atoms with Crippen LogP contribution in [-0.2, 0) is 0 Å². The van der Waals surface area contributed by atoms with Crippen LogP contribution >= 0.6 is 11.6 Å². The van der Waals surface area contributed by atoms with Crippen molar-refractivity contribution in [3.63, 3.8) is 0 Å². The van der Waals surface area contributed by atoms with E-state index < -0.39 is 11.6 Å². The molecule has 150 valence electrons. The van der Waals surface area contributed by atoms with Crippen LogP contribution in [0, 0.1) is 11.6 Å². The number of nitrogens with two attached hydrogens (primary N) is 1. The van der Waals surface area contributed by atoms with Gasteiger partial charge in [0.25, 0.3) is 11.8 Å². The molecule has 1 aromatic heterocycles. The van der Waals surface area contributed by atoms with Crippen LogP contribution in [0.25, 0.3) is 0 Å². The normalized spacial score (nSPS) is 11.3. The molecule has 3 aromatic rings. The first-order chi connectivity index (χ1) is 13.9. The predicted octanol–water partition coefficient (Wildman–Crippen LogP) is 2.85. The van der Waals surface area contributed by atoms with Crippen molar-refractivity contribution in [1.29, 1.82) is 0 Å². The maximum Gasteiger partial charge on any atom is 0.287 e. The van der Waals surface area contributed by atoms with Gasteiger partial charge in [0.05, 0.1) is 17.3 Å². The largest absolute Gasteiger partial charge is 0.472 e. The van der Waals surface area contributed by atoms with Crippen LogP contribution in [0.5, 0.6) is 5.88 Å². The molecule has 0 aliphatic carbocycles. The number of nitrogens with one attached hydrogen (secondary N) is 1. The fraction of sp³-hybridized carbons (Fsp3) is 0.111. The summed E-state index contributed by atoms with van der Waals surface area (Å²) in [7, 11) is 0. The van der Waals surface area contributed by atoms with Crippen LogP contribution in [0.1, 0.15) is 16.1 Å². The Hall–Kier alpha value is -3.53. The second-order valence-electron chi connectivity index (χ2n) is 5.62. The number of aromatic nitrogens is 2. The molecular weight excluding hydrogens is 408 g/mol. The van der Waals surface area contributed by atoms with Crippen molar-refractivity contribution in [2.24, 2.45) is 10.7 Å². The van der Waals surface area contributed by atoms with Crippen molar-refractivity contribution in [1.82, 2.24) is 15.6 Å². The van der Waals surface area contributed by atoms with Crippen LogP contribution in [0.3, 0.4) is 0 Å². The van der Waals surface area contributed by atoms with Crippen molar-refractivity contribution in [3.05, 3.63) is 70.4 Å². The van der Waals surface area contributed by atoms with Crippen molar-refractivity contribution in [2.45, 2.75) is 0 Å². The third-order valence-electron chi connectivity index (χ3n) is 3.59. The van der Waals surface area contributed by atoms with Crippen LogP contribution in [-0.4, -0.2) is 35.2 Å². The van der Waals surface area contributed by atoms with E-state index in [1.165, 1.54) is 36.4 Å². The van der Waals surface area contributed by atoms with E-state index in [1.807, 2.05) is 0 Å². The lowest BCUT2D eigenvalue weighted by atomic mass is 10.2. The number of aliphatic imine (C=N–C) groups is 1. The molecule has 0 aliphatic heterocycles. The number of halogens is 3. The quantitative estimate of drug-likeness (QED) is 0.344. The monoisotopic (exact) mass is 421 g/mol. The zero-order valence-electron chi connectivity index (χ0n) is 14.7. The predicted molar refractivity (Wildman–Crippen MR) is 100 cm³/mol. The summed E-state index contributed by atoms with van der Waals surface area (Å²) in [4.78, 5) is 16.0. The molecule has 29 heavy (non-hydrogen) atoms. The Morgan fingerprint density at radius 2 is 1.97 bits per heavy atom. The van der Waals surface area contributed by atoms with E-state index >= 15 is 0 Å². The minimum absolute atomic E-state index is 0.0316. The lowest BCUT2D eigenvalue weighted by molar-refractivity contribution is 0.0946. The van der Waals surface area contributed by atoms with Gasteiger partial charge in [-0.3, -0.25) is 4.79 Å². The second kappa shape index (κ2) is 9.11. The Bertz CT molecular complexity index is 1040. The number of hydrogen-bond donors (Lipinski definition) is 2. The van der Waals surface area contributed by atoms with E-state index in [0.29, 0.717) is 11.3 Å². The average molecular weight is 422 g/mol. The number of rotatable bonds is 7. The van der Waals surface area contributed by atoms with Gasteiger partial charge in [0, 0.05) is 5.56 Å². The molecule has 0 radical (unpaired) electrons. The minimum Gasteiger partial charge on any atom is -0.472 e. The number of hydrogen-bond acceptors (Lipinski definition) is 6. The highest BCUT2D eigenvalue weighted by molar-refractivity contribution is 6.31. The molecule has 0 saturated carbocycles. The molecule has 3 N–H and O–H groups in total. The first-order valence-electron chi connectivity index (χ1n) is 8.23. The molecule has 0 spiro atoms. The maximum absolute atomic E-state index is 13.2. The summed E-state index contributed by atoms with van der Waals surface area (Å²) in [5, 5.41) is 9.71. The number of amidine groups is 1. The molecule has 0 aliphatic rings. The molecule has 11 heteroatoms. The number of nitrogens with zero attached hydrogens (tertiary/aromatic N) is 3. The molecule has 1 amide bonds. The minimum atomic E-state index is -0.584. The van der Waals surface area contributed by atoms with Gasteiger partial charge in [-0.1, -0.05) is 11.6 Å². The summed E-state index contributed by atoms with van der Waals surface area (Å²) in [6.07, 6.45) is 0. The molecule has 0 bridgehead atoms. The Morgan fingerprint density at radius 1 is 1.21 bits per heavy atom. The molecule has 0 saturated heterocycles. The Morgan fingerprint density at radius 3 is 2.69 bits per heavy atom. The fourth-order valence-electron chi connectivity index (χ4n) is 2.19. The van der Waals surface area contributed by atoms with E-state index in [9.17, 15) is 13.6 Å². The molecular formula is C18H14ClF2N5O3. The standard InChI is InChI=1S/C18H14ClF2N5O3/c19-13-9-12(5-6-14(13)21)24-16(22)15-18(26-29-25-15)28-8-7-23-17(27)10-1-3-11(20)4-2-10/h1-6,9H,7-8H2,(H2,22,24)(H,23,27). The van der Waals surface area contributed by atoms with Gasteiger partial charge in [-0.05, 0) is 52.8 Å². The maximum atomic E-state index is 13.2. The fourth-order valence-corrected chi connectivity index (χ4v) is 2.37. The average Bonchev–Trinajstić information content (AvgIpc) is 3.17. The summed E-state index contributed by atoms with van der Waals surface area (Å²) >= 11 is 5.71. The highest BCUT2D eigenvalue weighted by atomic mass is 35.5. The van der Waals surface area contributed by atoms with E-state index in [-0.39, 0.29) is 41.5 Å².